The molecule has 0 bridgehead atoms. The van der Waals surface area contributed by atoms with E-state index in [1.807, 2.05) is 4.90 Å². The van der Waals surface area contributed by atoms with Gasteiger partial charge in [-0.15, -0.1) is 0 Å². The first-order chi connectivity index (χ1) is 14.1. The molecule has 3 aliphatic rings. The molecule has 0 spiro atoms. The second-order valence-electron chi connectivity index (χ2n) is 9.30. The number of likely N-dealkylation sites (tertiary alicyclic amines) is 2. The lowest BCUT2D eigenvalue weighted by molar-refractivity contribution is -0.129. The zero-order valence-electron chi connectivity index (χ0n) is 17.7. The Bertz CT molecular complexity index is 709. The van der Waals surface area contributed by atoms with Crippen molar-refractivity contribution in [3.8, 4) is 0 Å². The summed E-state index contributed by atoms with van der Waals surface area (Å²) < 4.78 is 0. The van der Waals surface area contributed by atoms with Crippen LogP contribution in [0.4, 0.5) is 0 Å². The van der Waals surface area contributed by atoms with E-state index in [1.165, 1.54) is 44.1 Å². The van der Waals surface area contributed by atoms with Gasteiger partial charge in [0, 0.05) is 44.7 Å². The summed E-state index contributed by atoms with van der Waals surface area (Å²) in [6, 6.07) is 9.22. The lowest BCUT2D eigenvalue weighted by Gasteiger charge is -2.27. The van der Waals surface area contributed by atoms with Gasteiger partial charge in [-0.1, -0.05) is 55.5 Å². The molecule has 5 nitrogen and oxygen atoms in total. The summed E-state index contributed by atoms with van der Waals surface area (Å²) in [6.45, 7) is 5.27. The maximum Gasteiger partial charge on any atom is 0.225 e. The molecular formula is C24H35N3O2. The number of nitrogens with one attached hydrogen (secondary N) is 1. The molecule has 4 rings (SSSR count). The number of carbonyl (C=O) groups excluding carboxylic acids is 2. The minimum Gasteiger partial charge on any atom is -0.352 e. The molecule has 5 heteroatoms. The number of aryl methyl sites for hydroxylation is 1. The Hall–Kier alpha value is -1.88. The van der Waals surface area contributed by atoms with Crippen LogP contribution in [0.2, 0.25) is 0 Å². The lowest BCUT2D eigenvalue weighted by Crippen LogP contribution is -2.42. The van der Waals surface area contributed by atoms with E-state index in [9.17, 15) is 9.59 Å². The SMILES string of the molecule is Cc1ccc(CN2CC(C(=O)NC3CCN(C4CCCCCC4)C3)CC2=O)cc1. The molecule has 1 N–H and O–H groups in total. The molecule has 2 atom stereocenters. The highest BCUT2D eigenvalue weighted by Gasteiger charge is 2.36. The van der Waals surface area contributed by atoms with Gasteiger partial charge < -0.3 is 10.2 Å². The summed E-state index contributed by atoms with van der Waals surface area (Å²) in [6.07, 6.45) is 9.45. The molecule has 1 aliphatic carbocycles. The molecule has 0 radical (unpaired) electrons. The van der Waals surface area contributed by atoms with E-state index in [0.29, 0.717) is 25.6 Å². The maximum atomic E-state index is 12.8. The minimum absolute atomic E-state index is 0.0671. The fourth-order valence-corrected chi connectivity index (χ4v) is 5.19. The van der Waals surface area contributed by atoms with Gasteiger partial charge in [0.1, 0.15) is 0 Å². The van der Waals surface area contributed by atoms with Crippen LogP contribution in [0.1, 0.15) is 62.5 Å². The summed E-state index contributed by atoms with van der Waals surface area (Å²) in [5, 5.41) is 3.26. The fourth-order valence-electron chi connectivity index (χ4n) is 5.19. The van der Waals surface area contributed by atoms with E-state index in [1.54, 1.807) is 0 Å². The van der Waals surface area contributed by atoms with Crippen LogP contribution in [-0.2, 0) is 16.1 Å². The third kappa shape index (κ3) is 5.19. The van der Waals surface area contributed by atoms with Crippen molar-refractivity contribution in [2.45, 2.75) is 76.9 Å². The van der Waals surface area contributed by atoms with Crippen molar-refractivity contribution in [1.82, 2.24) is 15.1 Å². The predicted octanol–water partition coefficient (Wildman–Crippen LogP) is 3.26. The van der Waals surface area contributed by atoms with Crippen molar-refractivity contribution in [3.63, 3.8) is 0 Å². The summed E-state index contributed by atoms with van der Waals surface area (Å²) in [4.78, 5) is 29.7. The molecule has 1 aromatic carbocycles. The van der Waals surface area contributed by atoms with Gasteiger partial charge >= 0.3 is 0 Å². The molecule has 0 aromatic heterocycles. The molecule has 1 saturated carbocycles. The largest absolute Gasteiger partial charge is 0.352 e. The molecule has 2 saturated heterocycles. The molecular weight excluding hydrogens is 362 g/mol. The molecule has 2 amide bonds. The Morgan fingerprint density at radius 3 is 2.48 bits per heavy atom. The number of hydrogen-bond donors (Lipinski definition) is 1. The topological polar surface area (TPSA) is 52.7 Å². The number of benzene rings is 1. The van der Waals surface area contributed by atoms with E-state index >= 15 is 0 Å². The van der Waals surface area contributed by atoms with Crippen molar-refractivity contribution in [2.24, 2.45) is 5.92 Å². The number of nitrogens with zero attached hydrogens (tertiary/aromatic N) is 2. The van der Waals surface area contributed by atoms with Gasteiger partial charge in [-0.05, 0) is 31.7 Å². The smallest absolute Gasteiger partial charge is 0.225 e. The van der Waals surface area contributed by atoms with Crippen LogP contribution in [0.5, 0.6) is 0 Å². The average molecular weight is 398 g/mol. The van der Waals surface area contributed by atoms with Crippen molar-refractivity contribution >= 4 is 11.8 Å². The standard InChI is InChI=1S/C24H35N3O2/c1-18-8-10-19(11-9-18)15-27-16-20(14-23(27)28)24(29)25-21-12-13-26(17-21)22-6-4-2-3-5-7-22/h8-11,20-22H,2-7,12-17H2,1H3,(H,25,29). The number of amides is 2. The van der Waals surface area contributed by atoms with Gasteiger partial charge in [-0.3, -0.25) is 14.5 Å². The molecule has 2 heterocycles. The van der Waals surface area contributed by atoms with Crippen LogP contribution in [0.25, 0.3) is 0 Å². The average Bonchev–Trinajstić information content (AvgIpc) is 3.21. The first-order valence-electron chi connectivity index (χ1n) is 11.5. The first-order valence-corrected chi connectivity index (χ1v) is 11.5. The first kappa shape index (κ1) is 20.4. The zero-order chi connectivity index (χ0) is 20.2. The highest BCUT2D eigenvalue weighted by atomic mass is 16.2. The molecule has 1 aromatic rings. The predicted molar refractivity (Wildman–Crippen MR) is 114 cm³/mol. The lowest BCUT2D eigenvalue weighted by atomic mass is 10.1. The van der Waals surface area contributed by atoms with Gasteiger partial charge in [0.25, 0.3) is 0 Å². The Morgan fingerprint density at radius 2 is 1.76 bits per heavy atom. The minimum atomic E-state index is -0.208. The fraction of sp³-hybridized carbons (Fsp3) is 0.667. The second-order valence-corrected chi connectivity index (χ2v) is 9.30. The zero-order valence-corrected chi connectivity index (χ0v) is 17.7. The highest BCUT2D eigenvalue weighted by Crippen LogP contribution is 2.26. The van der Waals surface area contributed by atoms with E-state index in [0.717, 1.165) is 25.1 Å². The molecule has 2 aliphatic heterocycles. The van der Waals surface area contributed by atoms with Gasteiger partial charge in [0.2, 0.25) is 11.8 Å². The van der Waals surface area contributed by atoms with Crippen LogP contribution in [0.15, 0.2) is 24.3 Å². The van der Waals surface area contributed by atoms with Gasteiger partial charge in [0.05, 0.1) is 5.92 Å². The summed E-state index contributed by atoms with van der Waals surface area (Å²) in [7, 11) is 0. The Morgan fingerprint density at radius 1 is 1.03 bits per heavy atom. The normalized spacial score (nSPS) is 26.7. The van der Waals surface area contributed by atoms with Crippen molar-refractivity contribution in [3.05, 3.63) is 35.4 Å². The molecule has 29 heavy (non-hydrogen) atoms. The number of rotatable bonds is 5. The van der Waals surface area contributed by atoms with Crippen molar-refractivity contribution < 1.29 is 9.59 Å². The Labute approximate surface area is 174 Å². The molecule has 2 unspecified atom stereocenters. The summed E-state index contributed by atoms with van der Waals surface area (Å²) in [5.41, 5.74) is 2.34. The van der Waals surface area contributed by atoms with Crippen LogP contribution < -0.4 is 5.32 Å². The van der Waals surface area contributed by atoms with E-state index in [2.05, 4.69) is 41.4 Å². The third-order valence-corrected chi connectivity index (χ3v) is 6.99. The third-order valence-electron chi connectivity index (χ3n) is 6.99. The quantitative estimate of drug-likeness (QED) is 0.776. The van der Waals surface area contributed by atoms with E-state index in [-0.39, 0.29) is 23.8 Å². The Balaban J connectivity index is 1.26. The van der Waals surface area contributed by atoms with Gasteiger partial charge in [0.15, 0.2) is 0 Å². The maximum absolute atomic E-state index is 12.8. The summed E-state index contributed by atoms with van der Waals surface area (Å²) in [5.74, 6) is -0.0467. The van der Waals surface area contributed by atoms with Gasteiger partial charge in [-0.2, -0.15) is 0 Å². The molecule has 158 valence electrons. The van der Waals surface area contributed by atoms with Crippen LogP contribution in [-0.4, -0.2) is 53.3 Å². The van der Waals surface area contributed by atoms with Crippen LogP contribution in [0, 0.1) is 12.8 Å². The molecule has 3 fully saturated rings. The van der Waals surface area contributed by atoms with Crippen LogP contribution in [0.3, 0.4) is 0 Å². The number of hydrogen-bond acceptors (Lipinski definition) is 3. The van der Waals surface area contributed by atoms with Crippen molar-refractivity contribution in [2.75, 3.05) is 19.6 Å². The number of carbonyl (C=O) groups is 2. The van der Waals surface area contributed by atoms with E-state index < -0.39 is 0 Å². The van der Waals surface area contributed by atoms with Gasteiger partial charge in [-0.25, -0.2) is 0 Å². The van der Waals surface area contributed by atoms with Crippen molar-refractivity contribution in [1.29, 1.82) is 0 Å². The monoisotopic (exact) mass is 397 g/mol. The second kappa shape index (κ2) is 9.29. The highest BCUT2D eigenvalue weighted by molar-refractivity contribution is 5.89. The summed E-state index contributed by atoms with van der Waals surface area (Å²) >= 11 is 0. The van der Waals surface area contributed by atoms with E-state index in [4.69, 9.17) is 0 Å². The van der Waals surface area contributed by atoms with Crippen LogP contribution >= 0.6 is 0 Å². The Kier molecular flexibility index (Phi) is 6.53.